The number of carbonyl (C=O) groups excluding carboxylic acids is 1. The number of hydrogen-bond donors (Lipinski definition) is 1. The van der Waals surface area contributed by atoms with Crippen LogP contribution >= 0.6 is 0 Å². The van der Waals surface area contributed by atoms with Gasteiger partial charge in [0.25, 0.3) is 0 Å². The monoisotopic (exact) mass is 354 g/mol. The summed E-state index contributed by atoms with van der Waals surface area (Å²) in [6, 6.07) is 4.72. The van der Waals surface area contributed by atoms with Gasteiger partial charge < -0.3 is 14.8 Å². The zero-order valence-corrected chi connectivity index (χ0v) is 14.6. The molecule has 132 valence electrons. The maximum absolute atomic E-state index is 12.8. The molecule has 1 amide bonds. The van der Waals surface area contributed by atoms with E-state index in [9.17, 15) is 13.2 Å². The fraction of sp³-hybridized carbons (Fsp3) is 0.562. The van der Waals surface area contributed by atoms with E-state index in [0.29, 0.717) is 37.4 Å². The van der Waals surface area contributed by atoms with Gasteiger partial charge in [-0.3, -0.25) is 4.79 Å². The largest absolute Gasteiger partial charge is 0.454 e. The van der Waals surface area contributed by atoms with Crippen LogP contribution in [-0.2, 0) is 14.8 Å². The third-order valence-corrected chi connectivity index (χ3v) is 6.13. The molecule has 2 aliphatic rings. The molecule has 0 saturated carbocycles. The van der Waals surface area contributed by atoms with E-state index in [4.69, 9.17) is 9.47 Å². The molecule has 0 bridgehead atoms. The van der Waals surface area contributed by atoms with Crippen molar-refractivity contribution in [3.63, 3.8) is 0 Å². The molecule has 1 aromatic rings. The molecule has 0 radical (unpaired) electrons. The molecule has 24 heavy (non-hydrogen) atoms. The first kappa shape index (κ1) is 17.0. The minimum atomic E-state index is -3.59. The van der Waals surface area contributed by atoms with E-state index in [1.54, 1.807) is 6.07 Å². The van der Waals surface area contributed by atoms with Crippen LogP contribution < -0.4 is 14.8 Å². The number of rotatable bonds is 4. The molecule has 1 saturated heterocycles. The van der Waals surface area contributed by atoms with Crippen molar-refractivity contribution >= 4 is 15.9 Å². The van der Waals surface area contributed by atoms with E-state index >= 15 is 0 Å². The molecule has 1 aromatic carbocycles. The standard InChI is InChI=1S/C16H22N2O5S/c1-11(2)17-16(19)12-5-7-18(8-6-12)24(20,21)13-3-4-14-15(9-13)23-10-22-14/h3-4,9,11-12H,5-8,10H2,1-2H3,(H,17,19). The van der Waals surface area contributed by atoms with Gasteiger partial charge in [0.15, 0.2) is 11.5 Å². The number of nitrogens with one attached hydrogen (secondary N) is 1. The van der Waals surface area contributed by atoms with Crippen molar-refractivity contribution in [1.29, 1.82) is 0 Å². The summed E-state index contributed by atoms with van der Waals surface area (Å²) in [6.45, 7) is 4.61. The van der Waals surface area contributed by atoms with Gasteiger partial charge in [-0.15, -0.1) is 0 Å². The molecule has 0 atom stereocenters. The van der Waals surface area contributed by atoms with Crippen molar-refractivity contribution in [2.45, 2.75) is 37.6 Å². The number of nitrogens with zero attached hydrogens (tertiary/aromatic N) is 1. The van der Waals surface area contributed by atoms with Gasteiger partial charge in [0, 0.05) is 31.1 Å². The summed E-state index contributed by atoms with van der Waals surface area (Å²) in [4.78, 5) is 12.2. The van der Waals surface area contributed by atoms with Gasteiger partial charge in [-0.2, -0.15) is 4.31 Å². The minimum absolute atomic E-state index is 0.00475. The Balaban J connectivity index is 1.68. The third-order valence-electron chi connectivity index (χ3n) is 4.24. The summed E-state index contributed by atoms with van der Waals surface area (Å²) in [5.74, 6) is 0.876. The molecule has 0 spiro atoms. The number of amides is 1. The van der Waals surface area contributed by atoms with E-state index in [1.165, 1.54) is 16.4 Å². The lowest BCUT2D eigenvalue weighted by molar-refractivity contribution is -0.126. The van der Waals surface area contributed by atoms with Crippen molar-refractivity contribution in [3.05, 3.63) is 18.2 Å². The van der Waals surface area contributed by atoms with E-state index in [2.05, 4.69) is 5.32 Å². The molecule has 1 fully saturated rings. The quantitative estimate of drug-likeness (QED) is 0.882. The molecular weight excluding hydrogens is 332 g/mol. The number of sulfonamides is 1. The second-order valence-electron chi connectivity index (χ2n) is 6.36. The van der Waals surface area contributed by atoms with E-state index in [1.807, 2.05) is 13.8 Å². The summed E-state index contributed by atoms with van der Waals surface area (Å²) in [5, 5.41) is 2.89. The lowest BCUT2D eigenvalue weighted by Crippen LogP contribution is -2.44. The molecule has 8 heteroatoms. The number of hydrogen-bond acceptors (Lipinski definition) is 5. The normalized spacial score (nSPS) is 18.8. The summed E-state index contributed by atoms with van der Waals surface area (Å²) in [6.07, 6.45) is 1.06. The van der Waals surface area contributed by atoms with Crippen molar-refractivity contribution in [1.82, 2.24) is 9.62 Å². The first-order valence-electron chi connectivity index (χ1n) is 8.08. The topological polar surface area (TPSA) is 84.9 Å². The Morgan fingerprint density at radius 3 is 2.54 bits per heavy atom. The maximum atomic E-state index is 12.8. The van der Waals surface area contributed by atoms with Crippen LogP contribution in [0, 0.1) is 5.92 Å². The molecule has 0 unspecified atom stereocenters. The number of ether oxygens (including phenoxy) is 2. The van der Waals surface area contributed by atoms with Crippen LogP contribution in [0.5, 0.6) is 11.5 Å². The van der Waals surface area contributed by atoms with E-state index < -0.39 is 10.0 Å². The summed E-state index contributed by atoms with van der Waals surface area (Å²) < 4.78 is 37.4. The predicted molar refractivity (Wildman–Crippen MR) is 87.3 cm³/mol. The number of carbonyl (C=O) groups is 1. The predicted octanol–water partition coefficient (Wildman–Crippen LogP) is 1.34. The Kier molecular flexibility index (Phi) is 4.69. The summed E-state index contributed by atoms with van der Waals surface area (Å²) in [7, 11) is -3.59. The van der Waals surface area contributed by atoms with Gasteiger partial charge in [0.1, 0.15) is 0 Å². The van der Waals surface area contributed by atoms with Crippen LogP contribution in [0.25, 0.3) is 0 Å². The van der Waals surface area contributed by atoms with Crippen molar-refractivity contribution in [3.8, 4) is 11.5 Å². The van der Waals surface area contributed by atoms with Crippen molar-refractivity contribution in [2.24, 2.45) is 5.92 Å². The first-order valence-corrected chi connectivity index (χ1v) is 9.52. The van der Waals surface area contributed by atoms with Gasteiger partial charge in [0.2, 0.25) is 22.7 Å². The third kappa shape index (κ3) is 3.34. The fourth-order valence-corrected chi connectivity index (χ4v) is 4.43. The van der Waals surface area contributed by atoms with Crippen LogP contribution in [0.2, 0.25) is 0 Å². The highest BCUT2D eigenvalue weighted by Gasteiger charge is 2.33. The number of benzene rings is 1. The lowest BCUT2D eigenvalue weighted by atomic mass is 9.97. The molecule has 2 heterocycles. The van der Waals surface area contributed by atoms with Gasteiger partial charge in [0.05, 0.1) is 4.90 Å². The Morgan fingerprint density at radius 1 is 1.21 bits per heavy atom. The fourth-order valence-electron chi connectivity index (χ4n) is 2.95. The van der Waals surface area contributed by atoms with Crippen LogP contribution in [0.15, 0.2) is 23.1 Å². The molecule has 0 aromatic heterocycles. The highest BCUT2D eigenvalue weighted by atomic mass is 32.2. The summed E-state index contributed by atoms with van der Waals surface area (Å²) >= 11 is 0. The molecule has 2 aliphatic heterocycles. The summed E-state index contributed by atoms with van der Waals surface area (Å²) in [5.41, 5.74) is 0. The first-order chi connectivity index (χ1) is 11.4. The average molecular weight is 354 g/mol. The number of piperidine rings is 1. The van der Waals surface area contributed by atoms with Gasteiger partial charge >= 0.3 is 0 Å². The van der Waals surface area contributed by atoms with Gasteiger partial charge in [-0.1, -0.05) is 0 Å². The van der Waals surface area contributed by atoms with Crippen LogP contribution in [0.4, 0.5) is 0 Å². The maximum Gasteiger partial charge on any atom is 0.243 e. The highest BCUT2D eigenvalue weighted by Crippen LogP contribution is 2.35. The Bertz CT molecular complexity index is 724. The second kappa shape index (κ2) is 6.60. The van der Waals surface area contributed by atoms with E-state index in [0.717, 1.165) is 0 Å². The lowest BCUT2D eigenvalue weighted by Gasteiger charge is -2.31. The number of fused-ring (bicyclic) bond motifs is 1. The van der Waals surface area contributed by atoms with Crippen LogP contribution in [0.3, 0.4) is 0 Å². The van der Waals surface area contributed by atoms with Gasteiger partial charge in [-0.25, -0.2) is 8.42 Å². The average Bonchev–Trinajstić information content (AvgIpc) is 3.02. The second-order valence-corrected chi connectivity index (χ2v) is 8.29. The SMILES string of the molecule is CC(C)NC(=O)C1CCN(S(=O)(=O)c2ccc3c(c2)OCO3)CC1. The molecule has 0 aliphatic carbocycles. The van der Waals surface area contributed by atoms with Crippen LogP contribution in [0.1, 0.15) is 26.7 Å². The zero-order chi connectivity index (χ0) is 17.3. The minimum Gasteiger partial charge on any atom is -0.454 e. The smallest absolute Gasteiger partial charge is 0.243 e. The molecule has 3 rings (SSSR count). The van der Waals surface area contributed by atoms with E-state index in [-0.39, 0.29) is 29.6 Å². The highest BCUT2D eigenvalue weighted by molar-refractivity contribution is 7.89. The molecule has 7 nitrogen and oxygen atoms in total. The van der Waals surface area contributed by atoms with Crippen molar-refractivity contribution < 1.29 is 22.7 Å². The van der Waals surface area contributed by atoms with Gasteiger partial charge in [-0.05, 0) is 38.8 Å². The molecular formula is C16H22N2O5S. The Hall–Kier alpha value is -1.80. The molecule has 1 N–H and O–H groups in total. The Labute approximate surface area is 142 Å². The van der Waals surface area contributed by atoms with Crippen molar-refractivity contribution in [2.75, 3.05) is 19.9 Å². The Morgan fingerprint density at radius 2 is 1.88 bits per heavy atom. The van der Waals surface area contributed by atoms with Crippen LogP contribution in [-0.4, -0.2) is 44.6 Å². The zero-order valence-electron chi connectivity index (χ0n) is 13.8.